The van der Waals surface area contributed by atoms with Gasteiger partial charge < -0.3 is 4.55 Å². The molecule has 8 nitrogen and oxygen atoms in total. The predicted octanol–water partition coefficient (Wildman–Crippen LogP) is 0.940. The first kappa shape index (κ1) is 14.8. The zero-order chi connectivity index (χ0) is 15.5. The quantitative estimate of drug-likeness (QED) is 0.642. The number of hydrogen-bond acceptors (Lipinski definition) is 6. The first-order chi connectivity index (χ1) is 10.6. The minimum absolute atomic E-state index is 0.234. The number of benzene rings is 1. The minimum Gasteiger partial charge on any atom is -0.772 e. The summed E-state index contributed by atoms with van der Waals surface area (Å²) in [6.45, 7) is 0.272. The van der Waals surface area contributed by atoms with E-state index in [1.807, 2.05) is 0 Å². The Morgan fingerprint density at radius 3 is 2.36 bits per heavy atom. The van der Waals surface area contributed by atoms with E-state index in [0.29, 0.717) is 16.7 Å². The van der Waals surface area contributed by atoms with Crippen molar-refractivity contribution in [2.24, 2.45) is 0 Å². The maximum Gasteiger partial charge on any atom is 0.161 e. The SMILES string of the molecule is O=S([O-])Cc1nnc(Cn2nccn2)n1-c1ccc(Cl)cc1. The molecular weight excluding hydrogens is 328 g/mol. The molecule has 3 rings (SSSR count). The van der Waals surface area contributed by atoms with Gasteiger partial charge in [0.25, 0.3) is 0 Å². The molecule has 3 aromatic rings. The van der Waals surface area contributed by atoms with Crippen LogP contribution in [-0.4, -0.2) is 38.5 Å². The van der Waals surface area contributed by atoms with Crippen LogP contribution in [0.5, 0.6) is 0 Å². The van der Waals surface area contributed by atoms with Crippen molar-refractivity contribution < 1.29 is 8.76 Å². The van der Waals surface area contributed by atoms with E-state index >= 15 is 0 Å². The molecule has 114 valence electrons. The van der Waals surface area contributed by atoms with Crippen LogP contribution in [0.3, 0.4) is 0 Å². The maximum absolute atomic E-state index is 11.0. The van der Waals surface area contributed by atoms with Gasteiger partial charge in [-0.15, -0.1) is 10.2 Å². The van der Waals surface area contributed by atoms with Gasteiger partial charge >= 0.3 is 0 Å². The summed E-state index contributed by atoms with van der Waals surface area (Å²) < 4.78 is 23.7. The van der Waals surface area contributed by atoms with Gasteiger partial charge in [0.1, 0.15) is 12.4 Å². The average molecular weight is 338 g/mol. The Kier molecular flexibility index (Phi) is 4.27. The number of halogens is 1. The van der Waals surface area contributed by atoms with Gasteiger partial charge in [-0.1, -0.05) is 11.6 Å². The number of hydrogen-bond donors (Lipinski definition) is 0. The fraction of sp³-hybridized carbons (Fsp3) is 0.167. The largest absolute Gasteiger partial charge is 0.772 e. The van der Waals surface area contributed by atoms with Crippen LogP contribution >= 0.6 is 11.6 Å². The van der Waals surface area contributed by atoms with Crippen molar-refractivity contribution >= 4 is 22.7 Å². The van der Waals surface area contributed by atoms with Crippen LogP contribution in [0.25, 0.3) is 5.69 Å². The Balaban J connectivity index is 2.04. The van der Waals surface area contributed by atoms with Crippen LogP contribution in [0.4, 0.5) is 0 Å². The highest BCUT2D eigenvalue weighted by atomic mass is 35.5. The van der Waals surface area contributed by atoms with Crippen LogP contribution in [0.15, 0.2) is 36.7 Å². The van der Waals surface area contributed by atoms with E-state index in [2.05, 4.69) is 20.4 Å². The first-order valence-corrected chi connectivity index (χ1v) is 7.85. The van der Waals surface area contributed by atoms with Crippen LogP contribution in [0.1, 0.15) is 11.6 Å². The van der Waals surface area contributed by atoms with Crippen molar-refractivity contribution in [3.63, 3.8) is 0 Å². The molecule has 1 unspecified atom stereocenters. The zero-order valence-electron chi connectivity index (χ0n) is 11.2. The lowest BCUT2D eigenvalue weighted by atomic mass is 10.3. The van der Waals surface area contributed by atoms with Crippen LogP contribution in [0.2, 0.25) is 5.02 Å². The molecule has 0 saturated heterocycles. The predicted molar refractivity (Wildman–Crippen MR) is 78.1 cm³/mol. The summed E-state index contributed by atoms with van der Waals surface area (Å²) in [5, 5.41) is 16.6. The van der Waals surface area contributed by atoms with E-state index in [1.54, 1.807) is 41.2 Å². The van der Waals surface area contributed by atoms with E-state index in [4.69, 9.17) is 11.6 Å². The monoisotopic (exact) mass is 337 g/mol. The summed E-state index contributed by atoms with van der Waals surface area (Å²) in [6, 6.07) is 6.96. The third kappa shape index (κ3) is 3.21. The lowest BCUT2D eigenvalue weighted by Gasteiger charge is -2.11. The molecule has 0 N–H and O–H groups in total. The lowest BCUT2D eigenvalue weighted by Crippen LogP contribution is -2.12. The maximum atomic E-state index is 11.0. The molecule has 2 heterocycles. The summed E-state index contributed by atoms with van der Waals surface area (Å²) in [6.07, 6.45) is 3.10. The van der Waals surface area contributed by atoms with Gasteiger partial charge in [0.05, 0.1) is 18.1 Å². The standard InChI is InChI=1S/C12H11ClN6O2S/c13-9-1-3-10(4-2-9)19-11(7-18-14-5-6-15-18)16-17-12(19)8-22(20)21/h1-6H,7-8H2,(H,20,21)/p-1. The van der Waals surface area contributed by atoms with E-state index < -0.39 is 11.1 Å². The molecule has 0 aliphatic rings. The second-order valence-corrected chi connectivity index (χ2v) is 5.68. The number of nitrogens with zero attached hydrogens (tertiary/aromatic N) is 6. The third-order valence-corrected chi connectivity index (χ3v) is 3.62. The molecule has 2 aromatic heterocycles. The fourth-order valence-corrected chi connectivity index (χ4v) is 2.52. The summed E-state index contributed by atoms with van der Waals surface area (Å²) in [5.74, 6) is 0.610. The summed E-state index contributed by atoms with van der Waals surface area (Å²) in [7, 11) is 0. The highest BCUT2D eigenvalue weighted by Crippen LogP contribution is 2.18. The molecule has 0 amide bonds. The molecule has 1 atom stereocenters. The van der Waals surface area contributed by atoms with E-state index in [-0.39, 0.29) is 12.3 Å². The smallest absolute Gasteiger partial charge is 0.161 e. The Morgan fingerprint density at radius 2 is 1.73 bits per heavy atom. The lowest BCUT2D eigenvalue weighted by molar-refractivity contribution is 0.534. The molecule has 0 saturated carbocycles. The molecule has 10 heteroatoms. The molecule has 0 bridgehead atoms. The average Bonchev–Trinajstić information content (AvgIpc) is 3.11. The zero-order valence-corrected chi connectivity index (χ0v) is 12.7. The molecular formula is C12H10ClN6O2S-. The molecule has 0 spiro atoms. The van der Waals surface area contributed by atoms with Crippen LogP contribution in [0, 0.1) is 0 Å². The van der Waals surface area contributed by atoms with Crippen molar-refractivity contribution in [1.82, 2.24) is 29.8 Å². The highest BCUT2D eigenvalue weighted by molar-refractivity contribution is 7.78. The second-order valence-electron chi connectivity index (χ2n) is 4.35. The summed E-state index contributed by atoms with van der Waals surface area (Å²) >= 11 is 3.62. The van der Waals surface area contributed by atoms with Gasteiger partial charge in [-0.3, -0.25) is 8.78 Å². The number of rotatable bonds is 5. The van der Waals surface area contributed by atoms with E-state index in [1.165, 1.54) is 4.80 Å². The second kappa shape index (κ2) is 6.34. The molecule has 1 aromatic carbocycles. The Labute approximate surface area is 133 Å². The van der Waals surface area contributed by atoms with Crippen LogP contribution in [-0.2, 0) is 23.4 Å². The van der Waals surface area contributed by atoms with Gasteiger partial charge in [-0.25, -0.2) is 0 Å². The number of aromatic nitrogens is 6. The molecule has 0 radical (unpaired) electrons. The summed E-state index contributed by atoms with van der Waals surface area (Å²) in [4.78, 5) is 1.44. The highest BCUT2D eigenvalue weighted by Gasteiger charge is 2.15. The fourth-order valence-electron chi connectivity index (χ4n) is 1.99. The van der Waals surface area contributed by atoms with Crippen molar-refractivity contribution in [2.45, 2.75) is 12.3 Å². The molecule has 22 heavy (non-hydrogen) atoms. The molecule has 0 aliphatic heterocycles. The third-order valence-electron chi connectivity index (χ3n) is 2.88. The van der Waals surface area contributed by atoms with Crippen LogP contribution < -0.4 is 0 Å². The normalized spacial score (nSPS) is 12.5. The molecule has 0 aliphatic carbocycles. The Bertz CT molecular complexity index is 787. The topological polar surface area (TPSA) is 102 Å². The van der Waals surface area contributed by atoms with Gasteiger partial charge in [0.15, 0.2) is 5.82 Å². The molecule has 0 fully saturated rings. The van der Waals surface area contributed by atoms with E-state index in [0.717, 1.165) is 5.69 Å². The van der Waals surface area contributed by atoms with Crippen molar-refractivity contribution in [1.29, 1.82) is 0 Å². The first-order valence-electron chi connectivity index (χ1n) is 6.22. The van der Waals surface area contributed by atoms with Crippen molar-refractivity contribution in [2.75, 3.05) is 0 Å². The van der Waals surface area contributed by atoms with Gasteiger partial charge in [0.2, 0.25) is 0 Å². The van der Waals surface area contributed by atoms with Crippen molar-refractivity contribution in [3.8, 4) is 5.69 Å². The minimum atomic E-state index is -2.27. The van der Waals surface area contributed by atoms with Crippen molar-refractivity contribution in [3.05, 3.63) is 53.3 Å². The van der Waals surface area contributed by atoms with Gasteiger partial charge in [0, 0.05) is 10.7 Å². The summed E-state index contributed by atoms with van der Waals surface area (Å²) in [5.41, 5.74) is 0.719. The van der Waals surface area contributed by atoms with Gasteiger partial charge in [-0.05, 0) is 35.3 Å². The Hall–Kier alpha value is -2.10. The van der Waals surface area contributed by atoms with Gasteiger partial charge in [-0.2, -0.15) is 15.0 Å². The van der Waals surface area contributed by atoms with E-state index in [9.17, 15) is 8.76 Å². The Morgan fingerprint density at radius 1 is 1.09 bits per heavy atom.